The first-order chi connectivity index (χ1) is 13.1. The zero-order valence-electron chi connectivity index (χ0n) is 14.5. The Morgan fingerprint density at radius 2 is 1.93 bits per heavy atom. The van der Waals surface area contributed by atoms with Crippen molar-refractivity contribution in [1.29, 1.82) is 0 Å². The highest BCUT2D eigenvalue weighted by atomic mass is 35.5. The lowest BCUT2D eigenvalue weighted by molar-refractivity contribution is 0.414. The average molecular weight is 386 g/mol. The summed E-state index contributed by atoms with van der Waals surface area (Å²) in [6, 6.07) is 11.7. The molecule has 8 heteroatoms. The number of nitrogens with two attached hydrogens (primary N) is 1. The van der Waals surface area contributed by atoms with Crippen LogP contribution in [0.15, 0.2) is 59.9 Å². The average Bonchev–Trinajstić information content (AvgIpc) is 2.70. The van der Waals surface area contributed by atoms with Crippen molar-refractivity contribution in [3.8, 4) is 5.75 Å². The number of ether oxygens (including phenoxy) is 1. The highest BCUT2D eigenvalue weighted by Crippen LogP contribution is 2.22. The Morgan fingerprint density at radius 1 is 1.19 bits per heavy atom. The van der Waals surface area contributed by atoms with E-state index in [1.807, 2.05) is 24.3 Å². The number of nitrogens with zero attached hydrogens (tertiary/aromatic N) is 3. The Balaban J connectivity index is 1.79. The SMILES string of the molecule is COc1ccc(CNc2nccnc2C(N)=Nc2ccc(F)c(Cl)c2)cc1. The lowest BCUT2D eigenvalue weighted by Gasteiger charge is -2.10. The first kappa shape index (κ1) is 18.6. The molecule has 3 rings (SSSR count). The summed E-state index contributed by atoms with van der Waals surface area (Å²) < 4.78 is 18.4. The number of halogens is 2. The van der Waals surface area contributed by atoms with Gasteiger partial charge in [-0.05, 0) is 35.9 Å². The molecule has 0 spiro atoms. The van der Waals surface area contributed by atoms with Crippen molar-refractivity contribution in [2.45, 2.75) is 6.54 Å². The Hall–Kier alpha value is -3.19. The zero-order valence-corrected chi connectivity index (χ0v) is 15.2. The molecule has 0 saturated carbocycles. The van der Waals surface area contributed by atoms with E-state index in [0.717, 1.165) is 11.3 Å². The minimum Gasteiger partial charge on any atom is -0.497 e. The number of benzene rings is 2. The van der Waals surface area contributed by atoms with Gasteiger partial charge >= 0.3 is 0 Å². The Labute approximate surface area is 160 Å². The fourth-order valence-corrected chi connectivity index (χ4v) is 2.51. The molecule has 6 nitrogen and oxygen atoms in total. The molecule has 0 aliphatic rings. The summed E-state index contributed by atoms with van der Waals surface area (Å²) in [4.78, 5) is 12.8. The molecule has 0 aliphatic carbocycles. The maximum Gasteiger partial charge on any atom is 0.156 e. The summed E-state index contributed by atoms with van der Waals surface area (Å²) in [6.45, 7) is 0.519. The molecule has 2 aromatic carbocycles. The molecular weight excluding hydrogens is 369 g/mol. The first-order valence-electron chi connectivity index (χ1n) is 8.04. The molecule has 27 heavy (non-hydrogen) atoms. The van der Waals surface area contributed by atoms with E-state index in [4.69, 9.17) is 22.1 Å². The summed E-state index contributed by atoms with van der Waals surface area (Å²) in [7, 11) is 1.62. The minimum absolute atomic E-state index is 0.0268. The van der Waals surface area contributed by atoms with Crippen LogP contribution in [0.2, 0.25) is 5.02 Å². The quantitative estimate of drug-likeness (QED) is 0.496. The molecule has 1 aromatic heterocycles. The summed E-state index contributed by atoms with van der Waals surface area (Å²) in [5.41, 5.74) is 7.93. The molecule has 3 aromatic rings. The number of nitrogens with one attached hydrogen (secondary N) is 1. The number of amidine groups is 1. The smallest absolute Gasteiger partial charge is 0.156 e. The van der Waals surface area contributed by atoms with E-state index in [1.165, 1.54) is 24.4 Å². The van der Waals surface area contributed by atoms with Gasteiger partial charge in [-0.25, -0.2) is 19.4 Å². The molecule has 0 bridgehead atoms. The maximum absolute atomic E-state index is 13.3. The molecule has 3 N–H and O–H groups in total. The summed E-state index contributed by atoms with van der Waals surface area (Å²) in [5.74, 6) is 0.898. The second kappa shape index (κ2) is 8.46. The molecule has 0 radical (unpaired) electrons. The summed E-state index contributed by atoms with van der Waals surface area (Å²) >= 11 is 5.78. The van der Waals surface area contributed by atoms with Gasteiger partial charge < -0.3 is 15.8 Å². The van der Waals surface area contributed by atoms with Crippen LogP contribution >= 0.6 is 11.6 Å². The highest BCUT2D eigenvalue weighted by Gasteiger charge is 2.10. The van der Waals surface area contributed by atoms with E-state index >= 15 is 0 Å². The number of rotatable bonds is 6. The van der Waals surface area contributed by atoms with E-state index in [-0.39, 0.29) is 10.9 Å². The van der Waals surface area contributed by atoms with Crippen LogP contribution in [0.25, 0.3) is 0 Å². The molecule has 0 amide bonds. The van der Waals surface area contributed by atoms with Crippen LogP contribution in [0.5, 0.6) is 5.75 Å². The third kappa shape index (κ3) is 4.71. The Bertz CT molecular complexity index is 963. The fraction of sp³-hybridized carbons (Fsp3) is 0.105. The fourth-order valence-electron chi connectivity index (χ4n) is 2.33. The summed E-state index contributed by atoms with van der Waals surface area (Å²) in [6.07, 6.45) is 3.08. The standard InChI is InChI=1S/C19H17ClFN5O/c1-27-14-5-2-12(3-6-14)11-25-19-17(23-8-9-24-19)18(22)26-13-4-7-16(21)15(20)10-13/h2-10H,11H2,1H3,(H2,22,26)(H,24,25). The van der Waals surface area contributed by atoms with Crippen molar-refractivity contribution < 1.29 is 9.13 Å². The second-order valence-corrected chi connectivity index (χ2v) is 5.96. The van der Waals surface area contributed by atoms with Crippen molar-refractivity contribution in [2.75, 3.05) is 12.4 Å². The van der Waals surface area contributed by atoms with E-state index < -0.39 is 5.82 Å². The normalized spacial score (nSPS) is 11.3. The van der Waals surface area contributed by atoms with Gasteiger partial charge in [0.15, 0.2) is 11.7 Å². The monoisotopic (exact) mass is 385 g/mol. The first-order valence-corrected chi connectivity index (χ1v) is 8.42. The Kier molecular flexibility index (Phi) is 5.83. The Morgan fingerprint density at radius 3 is 2.63 bits per heavy atom. The van der Waals surface area contributed by atoms with Crippen molar-refractivity contribution in [3.63, 3.8) is 0 Å². The van der Waals surface area contributed by atoms with E-state index in [9.17, 15) is 4.39 Å². The van der Waals surface area contributed by atoms with Crippen LogP contribution < -0.4 is 15.8 Å². The highest BCUT2D eigenvalue weighted by molar-refractivity contribution is 6.31. The van der Waals surface area contributed by atoms with Crippen LogP contribution in [0.3, 0.4) is 0 Å². The van der Waals surface area contributed by atoms with Gasteiger partial charge in [0, 0.05) is 18.9 Å². The topological polar surface area (TPSA) is 85.4 Å². The molecular formula is C19H17ClFN5O. The van der Waals surface area contributed by atoms with Gasteiger partial charge in [-0.2, -0.15) is 0 Å². The van der Waals surface area contributed by atoms with Gasteiger partial charge in [0.05, 0.1) is 17.8 Å². The van der Waals surface area contributed by atoms with Gasteiger partial charge in [-0.3, -0.25) is 0 Å². The van der Waals surface area contributed by atoms with Gasteiger partial charge in [-0.1, -0.05) is 23.7 Å². The van der Waals surface area contributed by atoms with Crippen LogP contribution in [0.4, 0.5) is 15.9 Å². The predicted octanol–water partition coefficient (Wildman–Crippen LogP) is 3.93. The number of aromatic nitrogens is 2. The van der Waals surface area contributed by atoms with Gasteiger partial charge in [0.2, 0.25) is 0 Å². The number of hydrogen-bond donors (Lipinski definition) is 2. The molecule has 0 saturated heterocycles. The minimum atomic E-state index is -0.518. The summed E-state index contributed by atoms with van der Waals surface area (Å²) in [5, 5.41) is 3.17. The van der Waals surface area contributed by atoms with Crippen LogP contribution in [-0.2, 0) is 6.54 Å². The van der Waals surface area contributed by atoms with Crippen LogP contribution in [0.1, 0.15) is 11.3 Å². The molecule has 0 fully saturated rings. The van der Waals surface area contributed by atoms with Gasteiger partial charge in [0.1, 0.15) is 17.3 Å². The molecule has 1 heterocycles. The molecule has 0 aliphatic heterocycles. The number of methoxy groups -OCH3 is 1. The largest absolute Gasteiger partial charge is 0.497 e. The van der Waals surface area contributed by atoms with Crippen LogP contribution in [-0.4, -0.2) is 22.9 Å². The third-order valence-electron chi connectivity index (χ3n) is 3.71. The van der Waals surface area contributed by atoms with E-state index in [2.05, 4.69) is 20.3 Å². The molecule has 0 atom stereocenters. The van der Waals surface area contributed by atoms with E-state index in [1.54, 1.807) is 13.3 Å². The van der Waals surface area contributed by atoms with E-state index in [0.29, 0.717) is 23.7 Å². The third-order valence-corrected chi connectivity index (χ3v) is 4.00. The van der Waals surface area contributed by atoms with Gasteiger partial charge in [0.25, 0.3) is 0 Å². The maximum atomic E-state index is 13.3. The lowest BCUT2D eigenvalue weighted by Crippen LogP contribution is -2.18. The lowest BCUT2D eigenvalue weighted by atomic mass is 10.2. The number of hydrogen-bond acceptors (Lipinski definition) is 5. The predicted molar refractivity (Wildman–Crippen MR) is 104 cm³/mol. The zero-order chi connectivity index (χ0) is 19.2. The van der Waals surface area contributed by atoms with Crippen molar-refractivity contribution in [2.24, 2.45) is 10.7 Å². The number of anilines is 1. The van der Waals surface area contributed by atoms with Crippen molar-refractivity contribution in [3.05, 3.63) is 77.0 Å². The van der Waals surface area contributed by atoms with Crippen LogP contribution in [0, 0.1) is 5.82 Å². The molecule has 138 valence electrons. The molecule has 0 unspecified atom stereocenters. The van der Waals surface area contributed by atoms with Crippen molar-refractivity contribution >= 4 is 28.9 Å². The second-order valence-electron chi connectivity index (χ2n) is 5.55. The van der Waals surface area contributed by atoms with Crippen molar-refractivity contribution in [1.82, 2.24) is 9.97 Å². The van der Waals surface area contributed by atoms with Gasteiger partial charge in [-0.15, -0.1) is 0 Å². The number of aliphatic imine (C=N–C) groups is 1.